The predicted molar refractivity (Wildman–Crippen MR) is 100 cm³/mol. The molecule has 1 aromatic carbocycles. The fourth-order valence-corrected chi connectivity index (χ4v) is 3.13. The molecule has 0 aliphatic carbocycles. The lowest BCUT2D eigenvalue weighted by Crippen LogP contribution is -2.34. The van der Waals surface area contributed by atoms with Crippen molar-refractivity contribution >= 4 is 28.8 Å². The Balaban J connectivity index is 1.69. The first-order valence-electron chi connectivity index (χ1n) is 8.03. The van der Waals surface area contributed by atoms with Gasteiger partial charge >= 0.3 is 0 Å². The number of hydrogen-bond donors (Lipinski definition) is 0. The highest BCUT2D eigenvalue weighted by Gasteiger charge is 2.18. The monoisotopic (exact) mass is 391 g/mol. The van der Waals surface area contributed by atoms with Crippen LogP contribution in [0.25, 0.3) is 10.8 Å². The Labute approximate surface area is 160 Å². The van der Waals surface area contributed by atoms with E-state index in [1.807, 2.05) is 29.6 Å². The van der Waals surface area contributed by atoms with Crippen LogP contribution in [-0.4, -0.2) is 41.3 Å². The maximum Gasteiger partial charge on any atom is 0.257 e. The van der Waals surface area contributed by atoms with Gasteiger partial charge in [-0.2, -0.15) is 0 Å². The molecule has 0 N–H and O–H groups in total. The van der Waals surface area contributed by atoms with Crippen LogP contribution in [0.5, 0.6) is 0 Å². The quantitative estimate of drug-likeness (QED) is 0.586. The fraction of sp³-hybridized carbons (Fsp3) is 0.278. The molecule has 0 bridgehead atoms. The molecule has 0 fully saturated rings. The molecule has 0 unspecified atom stereocenters. The summed E-state index contributed by atoms with van der Waals surface area (Å²) in [5, 5.41) is 10.7. The lowest BCUT2D eigenvalue weighted by atomic mass is 10.1. The molecule has 3 rings (SSSR count). The van der Waals surface area contributed by atoms with Crippen molar-refractivity contribution in [2.45, 2.75) is 13.0 Å². The molecule has 2 aromatic heterocycles. The van der Waals surface area contributed by atoms with Crippen LogP contribution in [0.2, 0.25) is 5.02 Å². The second-order valence-electron chi connectivity index (χ2n) is 5.59. The van der Waals surface area contributed by atoms with Crippen molar-refractivity contribution in [2.75, 3.05) is 20.3 Å². The van der Waals surface area contributed by atoms with Gasteiger partial charge in [-0.1, -0.05) is 29.8 Å². The lowest BCUT2D eigenvalue weighted by molar-refractivity contribution is -0.132. The molecule has 0 spiro atoms. The summed E-state index contributed by atoms with van der Waals surface area (Å²) in [7, 11) is 1.60. The molecule has 0 saturated heterocycles. The minimum absolute atomic E-state index is 0.0414. The minimum atomic E-state index is -0.0414. The average molecular weight is 392 g/mol. The summed E-state index contributed by atoms with van der Waals surface area (Å²) in [6.07, 6.45) is 0.271. The molecule has 1 amide bonds. The second kappa shape index (κ2) is 8.93. The summed E-state index contributed by atoms with van der Waals surface area (Å²) < 4.78 is 10.8. The molecule has 0 saturated carbocycles. The molecule has 0 aliphatic heterocycles. The van der Waals surface area contributed by atoms with Crippen molar-refractivity contribution in [1.29, 1.82) is 0 Å². The van der Waals surface area contributed by atoms with Gasteiger partial charge in [-0.3, -0.25) is 4.79 Å². The third-order valence-electron chi connectivity index (χ3n) is 3.71. The number of rotatable bonds is 8. The largest absolute Gasteiger partial charge is 0.418 e. The molecule has 8 heteroatoms. The molecule has 0 radical (unpaired) electrons. The first-order valence-corrected chi connectivity index (χ1v) is 9.29. The van der Waals surface area contributed by atoms with Gasteiger partial charge in [-0.05, 0) is 29.1 Å². The van der Waals surface area contributed by atoms with E-state index >= 15 is 0 Å². The van der Waals surface area contributed by atoms with Crippen molar-refractivity contribution in [2.24, 2.45) is 0 Å². The summed E-state index contributed by atoms with van der Waals surface area (Å²) in [6.45, 7) is 1.12. The Kier molecular flexibility index (Phi) is 6.38. The van der Waals surface area contributed by atoms with Gasteiger partial charge in [-0.15, -0.1) is 21.5 Å². The van der Waals surface area contributed by atoms with Crippen LogP contribution in [-0.2, 0) is 22.5 Å². The van der Waals surface area contributed by atoms with Crippen molar-refractivity contribution in [1.82, 2.24) is 15.1 Å². The summed E-state index contributed by atoms with van der Waals surface area (Å²) in [5.41, 5.74) is 0.895. The average Bonchev–Trinajstić information content (AvgIpc) is 3.32. The first-order chi connectivity index (χ1) is 12.7. The Morgan fingerprint density at radius 1 is 1.27 bits per heavy atom. The van der Waals surface area contributed by atoms with Crippen LogP contribution in [0.3, 0.4) is 0 Å². The van der Waals surface area contributed by atoms with Crippen molar-refractivity contribution < 1.29 is 13.9 Å². The van der Waals surface area contributed by atoms with Gasteiger partial charge < -0.3 is 14.1 Å². The Morgan fingerprint density at radius 2 is 2.08 bits per heavy atom. The number of aromatic nitrogens is 2. The second-order valence-corrected chi connectivity index (χ2v) is 6.97. The van der Waals surface area contributed by atoms with Crippen molar-refractivity contribution in [3.63, 3.8) is 0 Å². The van der Waals surface area contributed by atoms with Crippen LogP contribution in [0, 0.1) is 0 Å². The van der Waals surface area contributed by atoms with E-state index in [-0.39, 0.29) is 18.9 Å². The summed E-state index contributed by atoms with van der Waals surface area (Å²) in [4.78, 5) is 15.3. The van der Waals surface area contributed by atoms with Gasteiger partial charge in [0.15, 0.2) is 0 Å². The maximum atomic E-state index is 12.7. The van der Waals surface area contributed by atoms with Crippen LogP contribution in [0.4, 0.5) is 0 Å². The molecular weight excluding hydrogens is 374 g/mol. The molecule has 3 aromatic rings. The van der Waals surface area contributed by atoms with E-state index in [4.69, 9.17) is 20.8 Å². The van der Waals surface area contributed by atoms with Crippen LogP contribution >= 0.6 is 22.9 Å². The van der Waals surface area contributed by atoms with E-state index < -0.39 is 0 Å². The summed E-state index contributed by atoms with van der Waals surface area (Å²) >= 11 is 7.42. The van der Waals surface area contributed by atoms with Gasteiger partial charge in [0.1, 0.15) is 0 Å². The minimum Gasteiger partial charge on any atom is -0.418 e. The predicted octanol–water partition coefficient (Wildman–Crippen LogP) is 3.67. The normalized spacial score (nSPS) is 10.8. The summed E-state index contributed by atoms with van der Waals surface area (Å²) in [6, 6.07) is 11.1. The number of methoxy groups -OCH3 is 1. The smallest absolute Gasteiger partial charge is 0.257 e. The SMILES string of the molecule is COCCN(Cc1nnc(-c2cccs2)o1)C(=O)Cc1ccc(Cl)cc1. The maximum absolute atomic E-state index is 12.7. The Bertz CT molecular complexity index is 834. The first kappa shape index (κ1) is 18.6. The zero-order valence-corrected chi connectivity index (χ0v) is 15.8. The highest BCUT2D eigenvalue weighted by molar-refractivity contribution is 7.13. The van der Waals surface area contributed by atoms with E-state index in [2.05, 4.69) is 10.2 Å². The standard InChI is InChI=1S/C18H18ClN3O3S/c1-24-9-8-22(17(23)11-13-4-6-14(19)7-5-13)12-16-20-21-18(25-16)15-3-2-10-26-15/h2-7,10H,8-9,11-12H2,1H3. The highest BCUT2D eigenvalue weighted by Crippen LogP contribution is 2.23. The lowest BCUT2D eigenvalue weighted by Gasteiger charge is -2.20. The van der Waals surface area contributed by atoms with Crippen molar-refractivity contribution in [3.8, 4) is 10.8 Å². The molecule has 2 heterocycles. The van der Waals surface area contributed by atoms with E-state index in [9.17, 15) is 4.79 Å². The number of benzene rings is 1. The van der Waals surface area contributed by atoms with E-state index in [0.717, 1.165) is 10.4 Å². The number of hydrogen-bond acceptors (Lipinski definition) is 6. The van der Waals surface area contributed by atoms with E-state index in [0.29, 0.717) is 30.0 Å². The van der Waals surface area contributed by atoms with E-state index in [1.54, 1.807) is 24.1 Å². The number of nitrogens with zero attached hydrogens (tertiary/aromatic N) is 3. The number of thiophene rings is 1. The van der Waals surface area contributed by atoms with E-state index in [1.165, 1.54) is 11.3 Å². The number of halogens is 1. The molecule has 0 atom stereocenters. The van der Waals surface area contributed by atoms with Gasteiger partial charge in [0, 0.05) is 18.7 Å². The molecule has 136 valence electrons. The number of amides is 1. The summed E-state index contributed by atoms with van der Waals surface area (Å²) in [5.74, 6) is 0.820. The Hall–Kier alpha value is -2.22. The zero-order chi connectivity index (χ0) is 18.4. The van der Waals surface area contributed by atoms with Gasteiger partial charge in [-0.25, -0.2) is 0 Å². The fourth-order valence-electron chi connectivity index (χ4n) is 2.36. The van der Waals surface area contributed by atoms with Crippen molar-refractivity contribution in [3.05, 3.63) is 58.3 Å². The Morgan fingerprint density at radius 3 is 2.77 bits per heavy atom. The molecular formula is C18H18ClN3O3S. The molecule has 0 aliphatic rings. The number of ether oxygens (including phenoxy) is 1. The van der Waals surface area contributed by atoms with Gasteiger partial charge in [0.25, 0.3) is 5.89 Å². The van der Waals surface area contributed by atoms with Crippen LogP contribution < -0.4 is 0 Å². The van der Waals surface area contributed by atoms with Crippen LogP contribution in [0.1, 0.15) is 11.5 Å². The number of carbonyl (C=O) groups is 1. The highest BCUT2D eigenvalue weighted by atomic mass is 35.5. The van der Waals surface area contributed by atoms with Crippen LogP contribution in [0.15, 0.2) is 46.2 Å². The molecule has 6 nitrogen and oxygen atoms in total. The topological polar surface area (TPSA) is 68.5 Å². The van der Waals surface area contributed by atoms with Gasteiger partial charge in [0.05, 0.1) is 24.4 Å². The zero-order valence-electron chi connectivity index (χ0n) is 14.2. The van der Waals surface area contributed by atoms with Gasteiger partial charge in [0.2, 0.25) is 11.8 Å². The third-order valence-corrected chi connectivity index (χ3v) is 4.82. The third kappa shape index (κ3) is 4.91. The molecule has 26 heavy (non-hydrogen) atoms. The number of carbonyl (C=O) groups excluding carboxylic acids is 1.